The van der Waals surface area contributed by atoms with E-state index in [0.29, 0.717) is 20.7 Å². The van der Waals surface area contributed by atoms with E-state index in [1.807, 2.05) is 0 Å². The maximum absolute atomic E-state index is 6.00. The van der Waals surface area contributed by atoms with Crippen LogP contribution in [0.4, 0.5) is 5.13 Å². The summed E-state index contributed by atoms with van der Waals surface area (Å²) in [6.07, 6.45) is 0. The number of fused-ring (bicyclic) bond motifs is 1. The van der Waals surface area contributed by atoms with Crippen LogP contribution in [0.25, 0.3) is 10.2 Å². The molecule has 1 heterocycles. The first-order valence-electron chi connectivity index (χ1n) is 4.44. The van der Waals surface area contributed by atoms with Gasteiger partial charge in [0.2, 0.25) is 8.92 Å². The van der Waals surface area contributed by atoms with Crippen LogP contribution in [0, 0.1) is 0 Å². The summed E-state index contributed by atoms with van der Waals surface area (Å²) in [6.45, 7) is 0. The number of hydrogen-bond acceptors (Lipinski definition) is 3. The number of thiazole rings is 1. The molecule has 0 radical (unpaired) electrons. The van der Waals surface area contributed by atoms with Gasteiger partial charge in [-0.2, -0.15) is 0 Å². The minimum Gasteiger partial charge on any atom is -0.383 e. The van der Waals surface area contributed by atoms with Gasteiger partial charge in [-0.1, -0.05) is 69.3 Å². The molecule has 2 aromatic rings. The van der Waals surface area contributed by atoms with Crippen molar-refractivity contribution in [1.29, 1.82) is 0 Å². The van der Waals surface area contributed by atoms with E-state index in [0.717, 1.165) is 4.70 Å². The van der Waals surface area contributed by atoms with Gasteiger partial charge >= 0.3 is 0 Å². The van der Waals surface area contributed by atoms with Crippen LogP contribution in [0.1, 0.15) is 0 Å². The first-order chi connectivity index (χ1) is 8.27. The average Bonchev–Trinajstić information content (AvgIpc) is 2.58. The van der Waals surface area contributed by atoms with Crippen molar-refractivity contribution < 1.29 is 0 Å². The number of hydrogen-bond donors (Lipinski definition) is 1. The molecule has 0 aliphatic rings. The number of amidine groups is 1. The van der Waals surface area contributed by atoms with Gasteiger partial charge in [0.15, 0.2) is 5.84 Å². The van der Waals surface area contributed by atoms with Crippen molar-refractivity contribution in [1.82, 2.24) is 4.98 Å². The molecule has 1 aromatic carbocycles. The summed E-state index contributed by atoms with van der Waals surface area (Å²) in [7, 11) is 0. The molecular formula is C9H4Cl5N3S. The second-order valence-electron chi connectivity index (χ2n) is 3.23. The molecule has 2 rings (SSSR count). The van der Waals surface area contributed by atoms with Crippen LogP contribution in [-0.2, 0) is 0 Å². The zero-order chi connectivity index (χ0) is 13.5. The summed E-state index contributed by atoms with van der Waals surface area (Å²) in [4.78, 5) is 8.13. The van der Waals surface area contributed by atoms with Gasteiger partial charge in [0.05, 0.1) is 9.72 Å². The molecule has 0 saturated heterocycles. The van der Waals surface area contributed by atoms with Gasteiger partial charge in [-0.3, -0.25) is 0 Å². The number of aliphatic imine (C=N–C) groups is 1. The lowest BCUT2D eigenvalue weighted by Crippen LogP contribution is -2.27. The lowest BCUT2D eigenvalue weighted by molar-refractivity contribution is 1.34. The number of halogens is 5. The Balaban J connectivity index is 2.52. The van der Waals surface area contributed by atoms with Crippen molar-refractivity contribution in [3.63, 3.8) is 0 Å². The number of rotatable bonds is 1. The van der Waals surface area contributed by atoms with Crippen LogP contribution in [0.2, 0.25) is 10.0 Å². The molecule has 3 nitrogen and oxygen atoms in total. The lowest BCUT2D eigenvalue weighted by Gasteiger charge is -2.07. The zero-order valence-electron chi connectivity index (χ0n) is 8.42. The molecule has 2 N–H and O–H groups in total. The molecule has 0 bridgehead atoms. The molecule has 18 heavy (non-hydrogen) atoms. The summed E-state index contributed by atoms with van der Waals surface area (Å²) >= 11 is 29.9. The van der Waals surface area contributed by atoms with Crippen molar-refractivity contribution in [3.8, 4) is 0 Å². The van der Waals surface area contributed by atoms with Gasteiger partial charge in [-0.25, -0.2) is 9.98 Å². The van der Waals surface area contributed by atoms with Crippen LogP contribution >= 0.6 is 69.3 Å². The monoisotopic (exact) mass is 361 g/mol. The summed E-state index contributed by atoms with van der Waals surface area (Å²) in [5, 5.41) is 1.29. The molecular weight excluding hydrogens is 359 g/mol. The molecule has 0 amide bonds. The molecule has 0 atom stereocenters. The van der Waals surface area contributed by atoms with Gasteiger partial charge in [0, 0.05) is 5.02 Å². The van der Waals surface area contributed by atoms with Crippen LogP contribution in [0.5, 0.6) is 0 Å². The minimum absolute atomic E-state index is 0.159. The number of nitrogens with two attached hydrogens (primary N) is 1. The molecule has 9 heteroatoms. The van der Waals surface area contributed by atoms with E-state index in [1.165, 1.54) is 11.3 Å². The van der Waals surface area contributed by atoms with Gasteiger partial charge in [-0.15, -0.1) is 0 Å². The molecule has 0 aliphatic heterocycles. The van der Waals surface area contributed by atoms with E-state index in [1.54, 1.807) is 12.1 Å². The number of alkyl halides is 3. The fourth-order valence-corrected chi connectivity index (χ4v) is 2.86. The Morgan fingerprint density at radius 2 is 1.94 bits per heavy atom. The van der Waals surface area contributed by atoms with E-state index in [9.17, 15) is 0 Å². The van der Waals surface area contributed by atoms with Crippen molar-refractivity contribution in [3.05, 3.63) is 22.2 Å². The van der Waals surface area contributed by atoms with Gasteiger partial charge in [-0.05, 0) is 12.1 Å². The summed E-state index contributed by atoms with van der Waals surface area (Å²) in [6, 6.07) is 3.32. The second-order valence-corrected chi connectivity index (χ2v) is 7.36. The van der Waals surface area contributed by atoms with Gasteiger partial charge in [0.25, 0.3) is 0 Å². The average molecular weight is 363 g/mol. The fraction of sp³-hybridized carbons (Fsp3) is 0.111. The third-order valence-corrected chi connectivity index (χ3v) is 3.89. The van der Waals surface area contributed by atoms with Crippen molar-refractivity contribution >= 4 is 90.5 Å². The second kappa shape index (κ2) is 5.19. The molecule has 1 aromatic heterocycles. The Hall–Kier alpha value is 0.0300. The Morgan fingerprint density at radius 1 is 1.28 bits per heavy atom. The van der Waals surface area contributed by atoms with Gasteiger partial charge in [0.1, 0.15) is 5.52 Å². The summed E-state index contributed by atoms with van der Waals surface area (Å²) < 4.78 is -0.984. The van der Waals surface area contributed by atoms with E-state index in [4.69, 9.17) is 63.7 Å². The summed E-state index contributed by atoms with van der Waals surface area (Å²) in [5.41, 5.74) is 6.12. The smallest absolute Gasteiger partial charge is 0.247 e. The van der Waals surface area contributed by atoms with E-state index in [-0.39, 0.29) is 5.84 Å². The Kier molecular flexibility index (Phi) is 4.17. The fourth-order valence-electron chi connectivity index (χ4n) is 1.16. The highest BCUT2D eigenvalue weighted by Gasteiger charge is 2.25. The SMILES string of the molecule is NC(=Nc1nc2c(Cl)cc(Cl)cc2s1)C(Cl)(Cl)Cl. The van der Waals surface area contributed by atoms with E-state index < -0.39 is 3.79 Å². The third kappa shape index (κ3) is 3.13. The molecule has 0 saturated carbocycles. The molecule has 0 aliphatic carbocycles. The van der Waals surface area contributed by atoms with E-state index in [2.05, 4.69) is 9.98 Å². The molecule has 0 unspecified atom stereocenters. The van der Waals surface area contributed by atoms with Crippen molar-refractivity contribution in [2.45, 2.75) is 3.79 Å². The minimum atomic E-state index is -1.76. The largest absolute Gasteiger partial charge is 0.383 e. The number of benzene rings is 1. The highest BCUT2D eigenvalue weighted by molar-refractivity contribution is 7.22. The molecule has 0 fully saturated rings. The molecule has 0 spiro atoms. The third-order valence-electron chi connectivity index (χ3n) is 1.91. The van der Waals surface area contributed by atoms with Crippen LogP contribution in [0.3, 0.4) is 0 Å². The number of nitrogens with zero attached hydrogens (tertiary/aromatic N) is 2. The van der Waals surface area contributed by atoms with Crippen molar-refractivity contribution in [2.75, 3.05) is 0 Å². The normalized spacial score (nSPS) is 13.3. The first kappa shape index (κ1) is 14.4. The standard InChI is InChI=1S/C9H4Cl5N3S/c10-3-1-4(11)6-5(2-3)18-8(16-6)17-7(15)9(12,13)14/h1-2H,(H2,15,16,17). The highest BCUT2D eigenvalue weighted by atomic mass is 35.6. The Morgan fingerprint density at radius 3 is 2.56 bits per heavy atom. The predicted molar refractivity (Wildman–Crippen MR) is 81.2 cm³/mol. The Labute approximate surface area is 131 Å². The Bertz CT molecular complexity index is 631. The predicted octanol–water partition coefficient (Wildman–Crippen LogP) is 4.96. The summed E-state index contributed by atoms with van der Waals surface area (Å²) in [5.74, 6) is -0.159. The van der Waals surface area contributed by atoms with Crippen LogP contribution in [0.15, 0.2) is 17.1 Å². The molecule has 96 valence electrons. The maximum atomic E-state index is 6.00. The van der Waals surface area contributed by atoms with Crippen molar-refractivity contribution in [2.24, 2.45) is 10.7 Å². The maximum Gasteiger partial charge on any atom is 0.247 e. The van der Waals surface area contributed by atoms with E-state index >= 15 is 0 Å². The topological polar surface area (TPSA) is 51.3 Å². The first-order valence-corrected chi connectivity index (χ1v) is 7.15. The van der Waals surface area contributed by atoms with Crippen LogP contribution in [-0.4, -0.2) is 14.6 Å². The number of aromatic nitrogens is 1. The zero-order valence-corrected chi connectivity index (χ0v) is 13.0. The quantitative estimate of drug-likeness (QED) is 0.442. The van der Waals surface area contributed by atoms with Gasteiger partial charge < -0.3 is 5.73 Å². The highest BCUT2D eigenvalue weighted by Crippen LogP contribution is 2.36. The van der Waals surface area contributed by atoms with Crippen LogP contribution < -0.4 is 5.73 Å². The lowest BCUT2D eigenvalue weighted by atomic mass is 10.3.